The zero-order valence-electron chi connectivity index (χ0n) is 14.8. The summed E-state index contributed by atoms with van der Waals surface area (Å²) in [5.41, 5.74) is 0. The predicted molar refractivity (Wildman–Crippen MR) is 92.3 cm³/mol. The van der Waals surface area contributed by atoms with Gasteiger partial charge in [0.1, 0.15) is 13.0 Å². The van der Waals surface area contributed by atoms with Gasteiger partial charge in [0.2, 0.25) is 0 Å². The number of aliphatic hydroxyl groups excluding tert-OH is 1. The minimum atomic E-state index is -2.59. The highest BCUT2D eigenvalue weighted by molar-refractivity contribution is 7.62. The smallest absolute Gasteiger partial charge is 0.260 e. The maximum atomic E-state index is 12.0. The largest absolute Gasteiger partial charge is 0.384 e. The fraction of sp³-hybridized carbons (Fsp3) is 0.938. The van der Waals surface area contributed by atoms with Gasteiger partial charge in [-0.15, -0.1) is 0 Å². The Labute approximate surface area is 140 Å². The second-order valence-corrected chi connectivity index (χ2v) is 10.7. The molecule has 0 aromatic rings. The average molecular weight is 348 g/mol. The van der Waals surface area contributed by atoms with Gasteiger partial charge in [0.15, 0.2) is 0 Å². The van der Waals surface area contributed by atoms with Crippen molar-refractivity contribution in [3.05, 3.63) is 0 Å². The zero-order chi connectivity index (χ0) is 17.5. The van der Waals surface area contributed by atoms with Crippen LogP contribution in [-0.4, -0.2) is 72.0 Å². The van der Waals surface area contributed by atoms with Crippen molar-refractivity contribution < 1.29 is 19.7 Å². The van der Waals surface area contributed by atoms with Gasteiger partial charge < -0.3 is 9.67 Å². The molecule has 1 unspecified atom stereocenters. The summed E-state index contributed by atoms with van der Waals surface area (Å²) >= 11 is 0. The number of aliphatic hydroxyl groups is 1. The molecule has 1 rings (SSSR count). The molecule has 6 nitrogen and oxygen atoms in total. The SMILES string of the molecule is CN(CC(=O)N(O)CCC1CCCCCC1)CC(O)P(C)(C)=O. The Morgan fingerprint density at radius 3 is 2.30 bits per heavy atom. The summed E-state index contributed by atoms with van der Waals surface area (Å²) in [5.74, 6) is -0.723. The number of carbonyl (C=O) groups excluding carboxylic acids is 1. The van der Waals surface area contributed by atoms with Crippen LogP contribution >= 0.6 is 7.14 Å². The minimum absolute atomic E-state index is 0.0121. The molecule has 136 valence electrons. The van der Waals surface area contributed by atoms with E-state index in [1.54, 1.807) is 11.9 Å². The van der Waals surface area contributed by atoms with Crippen molar-refractivity contribution in [2.24, 2.45) is 5.92 Å². The number of likely N-dealkylation sites (N-methyl/N-ethyl adjacent to an activating group) is 1. The first-order valence-electron chi connectivity index (χ1n) is 8.60. The van der Waals surface area contributed by atoms with E-state index < -0.39 is 13.0 Å². The number of nitrogens with zero attached hydrogens (tertiary/aromatic N) is 2. The first kappa shape index (κ1) is 20.6. The quantitative estimate of drug-likeness (QED) is 0.305. The Hall–Kier alpha value is -0.420. The van der Waals surface area contributed by atoms with E-state index in [0.29, 0.717) is 12.5 Å². The normalized spacial score (nSPS) is 18.7. The Balaban J connectivity index is 2.31. The standard InChI is InChI=1S/C16H33N2O4P/c1-17(13-16(20)23(2,3)22)12-15(19)18(21)11-10-14-8-6-4-5-7-9-14/h14,16,20-21H,4-13H2,1-3H3. The van der Waals surface area contributed by atoms with Crippen LogP contribution in [0.5, 0.6) is 0 Å². The Morgan fingerprint density at radius 2 is 1.78 bits per heavy atom. The molecule has 1 fully saturated rings. The van der Waals surface area contributed by atoms with Crippen LogP contribution in [0.4, 0.5) is 0 Å². The molecule has 0 radical (unpaired) electrons. The number of hydroxylamine groups is 2. The molecule has 0 aromatic heterocycles. The third kappa shape index (κ3) is 8.30. The molecule has 2 N–H and O–H groups in total. The first-order valence-corrected chi connectivity index (χ1v) is 11.3. The molecule has 1 amide bonds. The second kappa shape index (κ2) is 9.77. The molecule has 7 heteroatoms. The summed E-state index contributed by atoms with van der Waals surface area (Å²) in [5, 5.41) is 20.5. The van der Waals surface area contributed by atoms with Crippen LogP contribution in [0.2, 0.25) is 0 Å². The molecule has 0 bridgehead atoms. The fourth-order valence-electron chi connectivity index (χ4n) is 2.93. The van der Waals surface area contributed by atoms with Crippen LogP contribution in [-0.2, 0) is 9.36 Å². The molecule has 1 aliphatic rings. The maximum Gasteiger partial charge on any atom is 0.260 e. The summed E-state index contributed by atoms with van der Waals surface area (Å²) in [6.07, 6.45) is 8.31. The lowest BCUT2D eigenvalue weighted by Crippen LogP contribution is -2.40. The Kier molecular flexibility index (Phi) is 8.76. The zero-order valence-corrected chi connectivity index (χ0v) is 15.7. The Morgan fingerprint density at radius 1 is 1.22 bits per heavy atom. The van der Waals surface area contributed by atoms with Crippen LogP contribution in [0, 0.1) is 5.92 Å². The molecule has 0 spiro atoms. The van der Waals surface area contributed by atoms with Gasteiger partial charge in [-0.1, -0.05) is 38.5 Å². The number of carbonyl (C=O) groups is 1. The monoisotopic (exact) mass is 348 g/mol. The number of hydrogen-bond acceptors (Lipinski definition) is 5. The summed E-state index contributed by atoms with van der Waals surface area (Å²) in [6.45, 7) is 3.58. The second-order valence-electron chi connectivity index (χ2n) is 7.27. The lowest BCUT2D eigenvalue weighted by Gasteiger charge is -2.25. The number of hydrogen-bond donors (Lipinski definition) is 2. The average Bonchev–Trinajstić information content (AvgIpc) is 2.72. The van der Waals surface area contributed by atoms with Gasteiger partial charge in [0, 0.05) is 13.1 Å². The maximum absolute atomic E-state index is 12.0. The van der Waals surface area contributed by atoms with Crippen LogP contribution < -0.4 is 0 Å². The minimum Gasteiger partial charge on any atom is -0.384 e. The van der Waals surface area contributed by atoms with Gasteiger partial charge in [-0.2, -0.15) is 0 Å². The molecule has 0 heterocycles. The van der Waals surface area contributed by atoms with Gasteiger partial charge in [0.05, 0.1) is 6.54 Å². The highest BCUT2D eigenvalue weighted by Crippen LogP contribution is 2.40. The molecule has 1 atom stereocenters. The first-order chi connectivity index (χ1) is 10.7. The summed E-state index contributed by atoms with van der Waals surface area (Å²) in [7, 11) is -0.910. The van der Waals surface area contributed by atoms with E-state index in [1.807, 2.05) is 0 Å². The number of amides is 1. The molecule has 0 saturated heterocycles. The summed E-state index contributed by atoms with van der Waals surface area (Å²) < 4.78 is 11.8. The lowest BCUT2D eigenvalue weighted by atomic mass is 9.97. The third-order valence-corrected chi connectivity index (χ3v) is 6.21. The van der Waals surface area contributed by atoms with E-state index >= 15 is 0 Å². The van der Waals surface area contributed by atoms with Crippen molar-refractivity contribution >= 4 is 13.0 Å². The van der Waals surface area contributed by atoms with E-state index in [1.165, 1.54) is 51.9 Å². The van der Waals surface area contributed by atoms with Gasteiger partial charge in [0.25, 0.3) is 5.91 Å². The van der Waals surface area contributed by atoms with Crippen LogP contribution in [0.1, 0.15) is 44.9 Å². The van der Waals surface area contributed by atoms with E-state index in [0.717, 1.165) is 11.5 Å². The van der Waals surface area contributed by atoms with Crippen LogP contribution in [0.3, 0.4) is 0 Å². The highest BCUT2D eigenvalue weighted by Gasteiger charge is 2.23. The van der Waals surface area contributed by atoms with E-state index in [4.69, 9.17) is 0 Å². The topological polar surface area (TPSA) is 81.1 Å². The van der Waals surface area contributed by atoms with Gasteiger partial charge >= 0.3 is 0 Å². The van der Waals surface area contributed by atoms with Crippen molar-refractivity contribution in [1.82, 2.24) is 9.96 Å². The fourth-order valence-corrected chi connectivity index (χ4v) is 3.61. The van der Waals surface area contributed by atoms with Gasteiger partial charge in [-0.3, -0.25) is 14.9 Å². The van der Waals surface area contributed by atoms with Crippen molar-refractivity contribution in [3.8, 4) is 0 Å². The molecular weight excluding hydrogens is 315 g/mol. The molecule has 1 aliphatic carbocycles. The van der Waals surface area contributed by atoms with Crippen LogP contribution in [0.15, 0.2) is 0 Å². The highest BCUT2D eigenvalue weighted by atomic mass is 31.2. The van der Waals surface area contributed by atoms with Crippen molar-refractivity contribution in [1.29, 1.82) is 0 Å². The molecule has 23 heavy (non-hydrogen) atoms. The Bertz CT molecular complexity index is 405. The predicted octanol–water partition coefficient (Wildman–Crippen LogP) is 2.44. The summed E-state index contributed by atoms with van der Waals surface area (Å²) in [6, 6.07) is 0. The lowest BCUT2D eigenvalue weighted by molar-refractivity contribution is -0.167. The van der Waals surface area contributed by atoms with E-state index in [2.05, 4.69) is 0 Å². The van der Waals surface area contributed by atoms with Crippen LogP contribution in [0.25, 0.3) is 0 Å². The van der Waals surface area contributed by atoms with E-state index in [-0.39, 0.29) is 19.0 Å². The van der Waals surface area contributed by atoms with Crippen molar-refractivity contribution in [2.75, 3.05) is 40.0 Å². The van der Waals surface area contributed by atoms with E-state index in [9.17, 15) is 19.7 Å². The van der Waals surface area contributed by atoms with Crippen molar-refractivity contribution in [2.45, 2.75) is 50.8 Å². The molecule has 0 aromatic carbocycles. The van der Waals surface area contributed by atoms with Gasteiger partial charge in [-0.25, -0.2) is 5.06 Å². The van der Waals surface area contributed by atoms with Crippen molar-refractivity contribution in [3.63, 3.8) is 0 Å². The third-order valence-electron chi connectivity index (χ3n) is 4.61. The molecule has 1 saturated carbocycles. The van der Waals surface area contributed by atoms with Gasteiger partial charge in [-0.05, 0) is 32.7 Å². The molecular formula is C16H33N2O4P. The molecule has 0 aliphatic heterocycles. The summed E-state index contributed by atoms with van der Waals surface area (Å²) in [4.78, 5) is 13.6. The number of rotatable bonds is 8.